The van der Waals surface area contributed by atoms with Gasteiger partial charge < -0.3 is 10.0 Å². The lowest BCUT2D eigenvalue weighted by Gasteiger charge is -2.35. The van der Waals surface area contributed by atoms with Crippen molar-refractivity contribution in [2.75, 3.05) is 13.1 Å². The minimum absolute atomic E-state index is 0.0550. The fourth-order valence-electron chi connectivity index (χ4n) is 2.62. The number of rotatable bonds is 2. The first kappa shape index (κ1) is 15.2. The normalized spacial score (nSPS) is 17.7. The molecule has 0 saturated carbocycles. The highest BCUT2D eigenvalue weighted by molar-refractivity contribution is 7.17. The molecule has 0 aromatic carbocycles. The van der Waals surface area contributed by atoms with Crippen LogP contribution in [0.4, 0.5) is 0 Å². The van der Waals surface area contributed by atoms with Crippen LogP contribution in [0.15, 0.2) is 18.2 Å². The Bertz CT molecular complexity index is 673. The number of nitrogens with zero attached hydrogens (tertiary/aromatic N) is 3. The van der Waals surface area contributed by atoms with E-state index in [1.165, 1.54) is 11.3 Å². The Labute approximate surface area is 134 Å². The molecule has 5 nitrogen and oxygen atoms in total. The molecule has 6 heteroatoms. The molecule has 1 aliphatic heterocycles. The van der Waals surface area contributed by atoms with Crippen molar-refractivity contribution < 1.29 is 9.90 Å². The quantitative estimate of drug-likeness (QED) is 0.925. The van der Waals surface area contributed by atoms with E-state index in [9.17, 15) is 9.90 Å². The van der Waals surface area contributed by atoms with Crippen LogP contribution < -0.4 is 0 Å². The molecule has 3 rings (SSSR count). The van der Waals surface area contributed by atoms with Crippen molar-refractivity contribution in [3.63, 3.8) is 0 Å². The van der Waals surface area contributed by atoms with Crippen molar-refractivity contribution in [3.05, 3.63) is 28.8 Å². The second kappa shape index (κ2) is 5.52. The molecule has 0 atom stereocenters. The lowest BCUT2D eigenvalue weighted by molar-refractivity contribution is -0.00188. The maximum absolute atomic E-state index is 12.6. The zero-order chi connectivity index (χ0) is 15.9. The summed E-state index contributed by atoms with van der Waals surface area (Å²) in [4.78, 5) is 16.1. The molecule has 1 fully saturated rings. The maximum atomic E-state index is 12.6. The number of aromatic nitrogens is 2. The predicted octanol–water partition coefficient (Wildman–Crippen LogP) is 2.44. The fourth-order valence-corrected chi connectivity index (χ4v) is 3.55. The zero-order valence-electron chi connectivity index (χ0n) is 13.2. The van der Waals surface area contributed by atoms with Crippen molar-refractivity contribution in [1.29, 1.82) is 0 Å². The molecular formula is C16H21N3O2S. The van der Waals surface area contributed by atoms with Gasteiger partial charge in [0.15, 0.2) is 0 Å². The van der Waals surface area contributed by atoms with Crippen LogP contribution in [0.25, 0.3) is 10.6 Å². The number of carbonyl (C=O) groups excluding carboxylic acids is 1. The van der Waals surface area contributed by atoms with E-state index in [0.29, 0.717) is 25.9 Å². The molecule has 1 saturated heterocycles. The van der Waals surface area contributed by atoms with E-state index < -0.39 is 5.60 Å². The maximum Gasteiger partial charge on any atom is 0.263 e. The number of amides is 1. The van der Waals surface area contributed by atoms with E-state index in [-0.39, 0.29) is 5.91 Å². The van der Waals surface area contributed by atoms with Gasteiger partial charge >= 0.3 is 0 Å². The summed E-state index contributed by atoms with van der Waals surface area (Å²) in [6, 6.07) is 5.86. The molecule has 0 aliphatic carbocycles. The Kier molecular flexibility index (Phi) is 3.82. The smallest absolute Gasteiger partial charge is 0.263 e. The van der Waals surface area contributed by atoms with Gasteiger partial charge in [-0.1, -0.05) is 0 Å². The second-order valence-corrected chi connectivity index (χ2v) is 7.33. The Morgan fingerprint density at radius 1 is 1.36 bits per heavy atom. The van der Waals surface area contributed by atoms with Gasteiger partial charge in [0, 0.05) is 25.8 Å². The third kappa shape index (κ3) is 2.94. The van der Waals surface area contributed by atoms with Crippen LogP contribution in [0.3, 0.4) is 0 Å². The summed E-state index contributed by atoms with van der Waals surface area (Å²) in [7, 11) is 1.91. The molecule has 3 heterocycles. The van der Waals surface area contributed by atoms with E-state index in [0.717, 1.165) is 21.1 Å². The monoisotopic (exact) mass is 319 g/mol. The van der Waals surface area contributed by atoms with Gasteiger partial charge in [-0.05, 0) is 44.9 Å². The first-order valence-corrected chi connectivity index (χ1v) is 8.30. The Morgan fingerprint density at radius 2 is 2.05 bits per heavy atom. The lowest BCUT2D eigenvalue weighted by Crippen LogP contribution is -2.44. The van der Waals surface area contributed by atoms with Crippen molar-refractivity contribution in [3.8, 4) is 10.6 Å². The van der Waals surface area contributed by atoms with Gasteiger partial charge in [-0.2, -0.15) is 5.10 Å². The van der Waals surface area contributed by atoms with Gasteiger partial charge in [0.2, 0.25) is 0 Å². The van der Waals surface area contributed by atoms with E-state index in [2.05, 4.69) is 5.10 Å². The standard InChI is InChI=1S/C16H21N3O2S/c1-11-10-12(17-18(11)3)13-4-5-14(22-13)15(20)19-8-6-16(2,21)7-9-19/h4-5,10,21H,6-9H2,1-3H3. The molecule has 1 N–H and O–H groups in total. The molecule has 2 aromatic rings. The first-order valence-electron chi connectivity index (χ1n) is 7.48. The van der Waals surface area contributed by atoms with Gasteiger partial charge in [0.1, 0.15) is 5.69 Å². The molecule has 118 valence electrons. The molecule has 1 aliphatic rings. The zero-order valence-corrected chi connectivity index (χ0v) is 14.0. The number of carbonyl (C=O) groups is 1. The number of thiophene rings is 1. The van der Waals surface area contributed by atoms with Crippen molar-refractivity contribution in [1.82, 2.24) is 14.7 Å². The van der Waals surface area contributed by atoms with Crippen molar-refractivity contribution in [2.24, 2.45) is 7.05 Å². The molecule has 0 spiro atoms. The van der Waals surface area contributed by atoms with Gasteiger partial charge in [0.25, 0.3) is 5.91 Å². The average Bonchev–Trinajstić information content (AvgIpc) is 3.06. The number of aliphatic hydroxyl groups is 1. The number of hydrogen-bond acceptors (Lipinski definition) is 4. The molecule has 1 amide bonds. The number of likely N-dealkylation sites (tertiary alicyclic amines) is 1. The summed E-state index contributed by atoms with van der Waals surface area (Å²) in [5.74, 6) is 0.0550. The van der Waals surface area contributed by atoms with Crippen LogP contribution in [0.1, 0.15) is 35.1 Å². The Morgan fingerprint density at radius 3 is 2.64 bits per heavy atom. The highest BCUT2D eigenvalue weighted by Gasteiger charge is 2.30. The third-order valence-corrected chi connectivity index (χ3v) is 5.41. The number of piperidine rings is 1. The predicted molar refractivity (Wildman–Crippen MR) is 87.0 cm³/mol. The minimum atomic E-state index is -0.636. The summed E-state index contributed by atoms with van der Waals surface area (Å²) in [6.07, 6.45) is 1.27. The number of aryl methyl sites for hydroxylation is 2. The van der Waals surface area contributed by atoms with Crippen LogP contribution in [0.5, 0.6) is 0 Å². The van der Waals surface area contributed by atoms with Crippen LogP contribution in [-0.2, 0) is 7.05 Å². The van der Waals surface area contributed by atoms with Crippen LogP contribution in [0.2, 0.25) is 0 Å². The molecule has 0 radical (unpaired) electrons. The Balaban J connectivity index is 1.75. The van der Waals surface area contributed by atoms with Gasteiger partial charge in [0.05, 0.1) is 15.4 Å². The Hall–Kier alpha value is -1.66. The molecule has 2 aromatic heterocycles. The van der Waals surface area contributed by atoms with Gasteiger partial charge in [-0.15, -0.1) is 11.3 Å². The molecular weight excluding hydrogens is 298 g/mol. The van der Waals surface area contributed by atoms with E-state index >= 15 is 0 Å². The second-order valence-electron chi connectivity index (χ2n) is 6.25. The van der Waals surface area contributed by atoms with Crippen molar-refractivity contribution >= 4 is 17.2 Å². The van der Waals surface area contributed by atoms with Crippen LogP contribution >= 0.6 is 11.3 Å². The average molecular weight is 319 g/mol. The van der Waals surface area contributed by atoms with Crippen LogP contribution in [0, 0.1) is 6.92 Å². The minimum Gasteiger partial charge on any atom is -0.390 e. The summed E-state index contributed by atoms with van der Waals surface area (Å²) in [6.45, 7) is 5.07. The van der Waals surface area contributed by atoms with Crippen LogP contribution in [-0.4, -0.2) is 44.4 Å². The summed E-state index contributed by atoms with van der Waals surface area (Å²) in [5.41, 5.74) is 1.36. The third-order valence-electron chi connectivity index (χ3n) is 4.31. The molecule has 0 unspecified atom stereocenters. The molecule has 22 heavy (non-hydrogen) atoms. The summed E-state index contributed by atoms with van der Waals surface area (Å²) >= 11 is 1.48. The highest BCUT2D eigenvalue weighted by atomic mass is 32.1. The highest BCUT2D eigenvalue weighted by Crippen LogP contribution is 2.29. The lowest BCUT2D eigenvalue weighted by atomic mass is 9.94. The fraction of sp³-hybridized carbons (Fsp3) is 0.500. The van der Waals surface area contributed by atoms with Crippen molar-refractivity contribution in [2.45, 2.75) is 32.3 Å². The van der Waals surface area contributed by atoms with Gasteiger partial charge in [-0.25, -0.2) is 0 Å². The van der Waals surface area contributed by atoms with E-state index in [4.69, 9.17) is 0 Å². The SMILES string of the molecule is Cc1cc(-c2ccc(C(=O)N3CCC(C)(O)CC3)s2)nn1C. The van der Waals surface area contributed by atoms with E-state index in [1.54, 1.807) is 0 Å². The topological polar surface area (TPSA) is 58.4 Å². The number of hydrogen-bond donors (Lipinski definition) is 1. The molecule has 0 bridgehead atoms. The van der Waals surface area contributed by atoms with E-state index in [1.807, 2.05) is 48.7 Å². The first-order chi connectivity index (χ1) is 10.4. The van der Waals surface area contributed by atoms with Gasteiger partial charge in [-0.3, -0.25) is 9.48 Å². The summed E-state index contributed by atoms with van der Waals surface area (Å²) < 4.78 is 1.84. The summed E-state index contributed by atoms with van der Waals surface area (Å²) in [5, 5.41) is 14.4. The largest absolute Gasteiger partial charge is 0.390 e.